The highest BCUT2D eigenvalue weighted by Crippen LogP contribution is 2.16. The maximum atomic E-state index is 12.2. The van der Waals surface area contributed by atoms with E-state index in [1.54, 1.807) is 41.5 Å². The first-order valence-electron chi connectivity index (χ1n) is 11.6. The number of hydrogen-bond acceptors (Lipinski definition) is 9. The number of ether oxygens (including phenoxy) is 5. The van der Waals surface area contributed by atoms with Crippen molar-refractivity contribution >= 4 is 12.2 Å². The van der Waals surface area contributed by atoms with Crippen molar-refractivity contribution in [2.75, 3.05) is 65.8 Å². The smallest absolute Gasteiger partial charge is 0.429 e. The van der Waals surface area contributed by atoms with Crippen LogP contribution in [-0.4, -0.2) is 99.2 Å². The minimum Gasteiger partial charge on any atom is -0.442 e. The molecular weight excluding hydrogens is 432 g/mol. The Balaban J connectivity index is 0.000000692. The van der Waals surface area contributed by atoms with E-state index in [-0.39, 0.29) is 13.1 Å². The monoisotopic (exact) mass is 478 g/mol. The Morgan fingerprint density at radius 3 is 1.39 bits per heavy atom. The predicted molar refractivity (Wildman–Crippen MR) is 126 cm³/mol. The van der Waals surface area contributed by atoms with Crippen molar-refractivity contribution < 1.29 is 33.3 Å². The van der Waals surface area contributed by atoms with Gasteiger partial charge in [-0.1, -0.05) is 0 Å². The van der Waals surface area contributed by atoms with Crippen LogP contribution < -0.4 is 10.9 Å². The second-order valence-corrected chi connectivity index (χ2v) is 9.07. The van der Waals surface area contributed by atoms with Gasteiger partial charge in [0.1, 0.15) is 11.2 Å². The van der Waals surface area contributed by atoms with Crippen molar-refractivity contribution in [1.82, 2.24) is 20.9 Å². The van der Waals surface area contributed by atoms with Crippen LogP contribution in [0.2, 0.25) is 0 Å². The van der Waals surface area contributed by atoms with Gasteiger partial charge < -0.3 is 23.7 Å². The third-order valence-electron chi connectivity index (χ3n) is 3.67. The molecule has 2 N–H and O–H groups in total. The summed E-state index contributed by atoms with van der Waals surface area (Å²) in [6.07, 6.45) is -1.17. The highest BCUT2D eigenvalue weighted by atomic mass is 16.6. The van der Waals surface area contributed by atoms with E-state index in [4.69, 9.17) is 23.7 Å². The van der Waals surface area contributed by atoms with E-state index in [1.807, 2.05) is 13.8 Å². The van der Waals surface area contributed by atoms with E-state index in [1.165, 1.54) is 10.0 Å². The van der Waals surface area contributed by atoms with Gasteiger partial charge in [-0.3, -0.25) is 10.9 Å². The van der Waals surface area contributed by atoms with Crippen molar-refractivity contribution in [3.05, 3.63) is 0 Å². The number of nitrogens with zero attached hydrogens (tertiary/aromatic N) is 2. The second-order valence-electron chi connectivity index (χ2n) is 9.07. The molecule has 0 unspecified atom stereocenters. The quantitative estimate of drug-likeness (QED) is 0.618. The summed E-state index contributed by atoms with van der Waals surface area (Å²) in [5.41, 5.74) is 4.67. The summed E-state index contributed by atoms with van der Waals surface area (Å²) in [5, 5.41) is 2.48. The molecule has 0 aromatic rings. The zero-order valence-electron chi connectivity index (χ0n) is 21.8. The summed E-state index contributed by atoms with van der Waals surface area (Å²) >= 11 is 0. The molecule has 196 valence electrons. The average Bonchev–Trinajstić information content (AvgIpc) is 3.13. The number of amides is 2. The Labute approximate surface area is 199 Å². The van der Waals surface area contributed by atoms with Crippen LogP contribution >= 0.6 is 0 Å². The molecule has 2 fully saturated rings. The normalized spacial score (nSPS) is 17.3. The van der Waals surface area contributed by atoms with Gasteiger partial charge in [0.15, 0.2) is 0 Å². The molecule has 2 aliphatic heterocycles. The van der Waals surface area contributed by atoms with Crippen LogP contribution in [0.1, 0.15) is 55.4 Å². The molecule has 0 saturated carbocycles. The number of hydrogen-bond donors (Lipinski definition) is 2. The van der Waals surface area contributed by atoms with Crippen LogP contribution in [0.5, 0.6) is 0 Å². The van der Waals surface area contributed by atoms with Gasteiger partial charge in [-0.2, -0.15) is 0 Å². The van der Waals surface area contributed by atoms with Crippen molar-refractivity contribution in [3.8, 4) is 0 Å². The lowest BCUT2D eigenvalue weighted by molar-refractivity contribution is -0.0572. The molecule has 11 heteroatoms. The summed E-state index contributed by atoms with van der Waals surface area (Å²) in [5.74, 6) is 0. The minimum absolute atomic E-state index is 0.244. The molecule has 0 bridgehead atoms. The molecular formula is C22H46N4O7. The summed E-state index contributed by atoms with van der Waals surface area (Å²) in [4.78, 5) is 24.5. The highest BCUT2D eigenvalue weighted by molar-refractivity contribution is 5.74. The average molecular weight is 479 g/mol. The molecule has 2 saturated heterocycles. The van der Waals surface area contributed by atoms with Crippen molar-refractivity contribution in [3.63, 3.8) is 0 Å². The van der Waals surface area contributed by atoms with Crippen molar-refractivity contribution in [2.24, 2.45) is 0 Å². The Hall–Kier alpha value is -1.66. The topological polar surface area (TPSA) is 111 Å². The number of carbonyl (C=O) groups is 2. The molecule has 11 nitrogen and oxygen atoms in total. The number of rotatable bonds is 2. The molecule has 0 radical (unpaired) electrons. The van der Waals surface area contributed by atoms with Crippen LogP contribution in [-0.2, 0) is 23.7 Å². The van der Waals surface area contributed by atoms with Crippen LogP contribution in [0.25, 0.3) is 0 Å². The van der Waals surface area contributed by atoms with Gasteiger partial charge in [-0.05, 0) is 55.4 Å². The van der Waals surface area contributed by atoms with Gasteiger partial charge in [0, 0.05) is 26.3 Å². The minimum atomic E-state index is -0.635. The van der Waals surface area contributed by atoms with E-state index >= 15 is 0 Å². The van der Waals surface area contributed by atoms with Crippen LogP contribution in [0.15, 0.2) is 0 Å². The first-order chi connectivity index (χ1) is 15.4. The summed E-state index contributed by atoms with van der Waals surface area (Å²) in [7, 11) is 0. The van der Waals surface area contributed by atoms with Gasteiger partial charge in [-0.25, -0.2) is 19.6 Å². The third kappa shape index (κ3) is 17.5. The van der Waals surface area contributed by atoms with Gasteiger partial charge in [0.2, 0.25) is 0 Å². The SMILES string of the molecule is C1COCCNN1.CC(C)(C)OC(=O)N1CCOCCN1C(=O)OC(C)(C)C.CCOCC. The zero-order valence-corrected chi connectivity index (χ0v) is 21.8. The van der Waals surface area contributed by atoms with Crippen LogP contribution in [0.4, 0.5) is 9.59 Å². The number of nitrogens with one attached hydrogen (secondary N) is 2. The fourth-order valence-electron chi connectivity index (χ4n) is 2.38. The van der Waals surface area contributed by atoms with E-state index < -0.39 is 23.4 Å². The first kappa shape index (κ1) is 31.3. The Bertz CT molecular complexity index is 478. The van der Waals surface area contributed by atoms with E-state index in [9.17, 15) is 9.59 Å². The molecule has 0 aliphatic carbocycles. The number of hydrazine groups is 2. The molecule has 0 aromatic heterocycles. The number of carbonyl (C=O) groups excluding carboxylic acids is 2. The fourth-order valence-corrected chi connectivity index (χ4v) is 2.38. The van der Waals surface area contributed by atoms with Crippen molar-refractivity contribution in [2.45, 2.75) is 66.6 Å². The van der Waals surface area contributed by atoms with Gasteiger partial charge in [0.25, 0.3) is 0 Å². The fraction of sp³-hybridized carbons (Fsp3) is 0.909. The lowest BCUT2D eigenvalue weighted by Crippen LogP contribution is -2.53. The Morgan fingerprint density at radius 1 is 0.727 bits per heavy atom. The standard InChI is InChI=1S/C14H26N2O5.C4H10N2O.C4H10O/c1-13(2,3)20-11(17)15-7-9-19-10-8-16(15)12(18)21-14(4,5)6;1-3-7-4-2-6-5-1;1-3-5-4-2/h7-10H2,1-6H3;5-6H,1-4H2;3-4H2,1-2H3. The van der Waals surface area contributed by atoms with Gasteiger partial charge in [-0.15, -0.1) is 0 Å². The van der Waals surface area contributed by atoms with Gasteiger partial charge >= 0.3 is 12.2 Å². The molecule has 0 spiro atoms. The summed E-state index contributed by atoms with van der Waals surface area (Å²) in [6, 6.07) is 0. The predicted octanol–water partition coefficient (Wildman–Crippen LogP) is 2.56. The van der Waals surface area contributed by atoms with E-state index in [0.717, 1.165) is 39.5 Å². The lowest BCUT2D eigenvalue weighted by Gasteiger charge is -2.34. The maximum absolute atomic E-state index is 12.2. The Morgan fingerprint density at radius 2 is 1.09 bits per heavy atom. The summed E-state index contributed by atoms with van der Waals surface area (Å²) in [6.45, 7) is 21.0. The third-order valence-corrected chi connectivity index (χ3v) is 3.67. The largest absolute Gasteiger partial charge is 0.442 e. The maximum Gasteiger partial charge on any atom is 0.429 e. The highest BCUT2D eigenvalue weighted by Gasteiger charge is 2.33. The van der Waals surface area contributed by atoms with Crippen molar-refractivity contribution in [1.29, 1.82) is 0 Å². The Kier molecular flexibility index (Phi) is 16.0. The molecule has 0 aromatic carbocycles. The second kappa shape index (κ2) is 16.9. The zero-order chi connectivity index (χ0) is 25.3. The molecule has 33 heavy (non-hydrogen) atoms. The summed E-state index contributed by atoms with van der Waals surface area (Å²) < 4.78 is 25.9. The molecule has 2 amide bonds. The lowest BCUT2D eigenvalue weighted by atomic mass is 10.2. The first-order valence-corrected chi connectivity index (χ1v) is 11.6. The molecule has 2 heterocycles. The molecule has 0 atom stereocenters. The molecule has 2 aliphatic rings. The van der Waals surface area contributed by atoms with Crippen LogP contribution in [0, 0.1) is 0 Å². The van der Waals surface area contributed by atoms with E-state index in [0.29, 0.717) is 13.2 Å². The van der Waals surface area contributed by atoms with Gasteiger partial charge in [0.05, 0.1) is 39.5 Å². The molecule has 2 rings (SSSR count). The van der Waals surface area contributed by atoms with E-state index in [2.05, 4.69) is 10.9 Å². The van der Waals surface area contributed by atoms with Crippen LogP contribution in [0.3, 0.4) is 0 Å².